The van der Waals surface area contributed by atoms with Gasteiger partial charge >= 0.3 is 5.97 Å². The Bertz CT molecular complexity index is 713. The topological polar surface area (TPSA) is 66.0 Å². The molecule has 0 saturated carbocycles. The van der Waals surface area contributed by atoms with Gasteiger partial charge in [0.25, 0.3) is 0 Å². The van der Waals surface area contributed by atoms with Crippen LogP contribution in [0.4, 0.5) is 0 Å². The first-order valence-corrected chi connectivity index (χ1v) is 9.43. The molecule has 5 heteroatoms. The minimum Gasteiger partial charge on any atom is -0.481 e. The van der Waals surface area contributed by atoms with Crippen molar-refractivity contribution in [1.82, 2.24) is 9.97 Å². The Balaban J connectivity index is 1.74. The highest BCUT2D eigenvalue weighted by Gasteiger charge is 2.06. The molecule has 0 radical (unpaired) electrons. The second kappa shape index (κ2) is 10.8. The molecule has 0 atom stereocenters. The molecule has 0 spiro atoms. The molecule has 0 aliphatic carbocycles. The van der Waals surface area contributed by atoms with Crippen LogP contribution in [0.3, 0.4) is 0 Å². The first kappa shape index (κ1) is 19.3. The fourth-order valence-corrected chi connectivity index (χ4v) is 3.10. The van der Waals surface area contributed by atoms with Crippen molar-refractivity contribution in [3.8, 4) is 11.3 Å². The van der Waals surface area contributed by atoms with E-state index >= 15 is 0 Å². The summed E-state index contributed by atoms with van der Waals surface area (Å²) in [7, 11) is 0. The van der Waals surface area contributed by atoms with Crippen LogP contribution in [0.15, 0.2) is 36.5 Å². The summed E-state index contributed by atoms with van der Waals surface area (Å²) in [4.78, 5) is 17.9. The SMILES string of the molecule is O=C(O)CCCCCCCCCc1cnc(=S)[nH]c1-c1ccccc1. The fourth-order valence-electron chi connectivity index (χ4n) is 2.95. The number of unbranched alkanes of at least 4 members (excludes halogenated alkanes) is 6. The van der Waals surface area contributed by atoms with Crippen molar-refractivity contribution in [1.29, 1.82) is 0 Å². The number of carboxylic acids is 1. The summed E-state index contributed by atoms with van der Waals surface area (Å²) in [6.45, 7) is 0. The highest BCUT2D eigenvalue weighted by molar-refractivity contribution is 7.71. The van der Waals surface area contributed by atoms with Gasteiger partial charge in [0.15, 0.2) is 4.77 Å². The zero-order chi connectivity index (χ0) is 17.9. The van der Waals surface area contributed by atoms with Crippen molar-refractivity contribution in [2.24, 2.45) is 0 Å². The molecule has 0 aliphatic rings. The number of rotatable bonds is 11. The molecule has 134 valence electrons. The van der Waals surface area contributed by atoms with Gasteiger partial charge in [0.2, 0.25) is 0 Å². The van der Waals surface area contributed by atoms with E-state index in [0.717, 1.165) is 43.4 Å². The first-order valence-electron chi connectivity index (χ1n) is 9.02. The van der Waals surface area contributed by atoms with Crippen molar-refractivity contribution in [2.45, 2.75) is 57.8 Å². The van der Waals surface area contributed by atoms with Gasteiger partial charge < -0.3 is 10.1 Å². The lowest BCUT2D eigenvalue weighted by Gasteiger charge is -2.09. The molecular weight excluding hydrogens is 332 g/mol. The number of aliphatic carboxylic acids is 1. The van der Waals surface area contributed by atoms with E-state index in [1.54, 1.807) is 0 Å². The average Bonchev–Trinajstić information content (AvgIpc) is 2.61. The standard InChI is InChI=1S/C20H26N2O2S/c23-18(24)14-10-5-3-1-2-4-7-13-17-15-21-20(25)22-19(17)16-11-8-6-9-12-16/h6,8-9,11-12,15H,1-5,7,10,13-14H2,(H,23,24)(H,21,22,25). The van der Waals surface area contributed by atoms with Gasteiger partial charge in [0, 0.05) is 12.6 Å². The molecule has 1 aromatic carbocycles. The number of nitrogens with zero attached hydrogens (tertiary/aromatic N) is 1. The number of aryl methyl sites for hydroxylation is 1. The quantitative estimate of drug-likeness (QED) is 0.408. The van der Waals surface area contributed by atoms with Crippen molar-refractivity contribution in [3.63, 3.8) is 0 Å². The van der Waals surface area contributed by atoms with Crippen LogP contribution >= 0.6 is 12.2 Å². The molecule has 2 rings (SSSR count). The van der Waals surface area contributed by atoms with E-state index in [-0.39, 0.29) is 0 Å². The number of hydrogen-bond donors (Lipinski definition) is 2. The van der Waals surface area contributed by atoms with Crippen LogP contribution in [-0.2, 0) is 11.2 Å². The minimum absolute atomic E-state index is 0.296. The summed E-state index contributed by atoms with van der Waals surface area (Å²) in [5, 5.41) is 8.60. The maximum atomic E-state index is 10.4. The number of benzene rings is 1. The molecule has 0 unspecified atom stereocenters. The third kappa shape index (κ3) is 7.18. The molecule has 0 bridgehead atoms. The Hall–Kier alpha value is -2.01. The third-order valence-corrected chi connectivity index (χ3v) is 4.50. The molecule has 1 aromatic heterocycles. The van der Waals surface area contributed by atoms with Crippen LogP contribution in [0.25, 0.3) is 11.3 Å². The van der Waals surface area contributed by atoms with E-state index in [4.69, 9.17) is 17.3 Å². The largest absolute Gasteiger partial charge is 0.481 e. The lowest BCUT2D eigenvalue weighted by atomic mass is 10.0. The van der Waals surface area contributed by atoms with Gasteiger partial charge in [-0.05, 0) is 42.6 Å². The smallest absolute Gasteiger partial charge is 0.303 e. The Morgan fingerprint density at radius 2 is 1.64 bits per heavy atom. The van der Waals surface area contributed by atoms with Gasteiger partial charge in [-0.2, -0.15) is 0 Å². The number of aromatic nitrogens is 2. The lowest BCUT2D eigenvalue weighted by molar-refractivity contribution is -0.137. The number of hydrogen-bond acceptors (Lipinski definition) is 3. The van der Waals surface area contributed by atoms with E-state index in [0.29, 0.717) is 11.2 Å². The summed E-state index contributed by atoms with van der Waals surface area (Å²) >= 11 is 5.18. The molecule has 0 amide bonds. The Morgan fingerprint density at radius 1 is 1.00 bits per heavy atom. The van der Waals surface area contributed by atoms with Gasteiger partial charge in [-0.3, -0.25) is 4.79 Å². The number of H-pyrrole nitrogens is 1. The average molecular weight is 359 g/mol. The fraction of sp³-hybridized carbons (Fsp3) is 0.450. The predicted octanol–water partition coefficient (Wildman–Crippen LogP) is 5.55. The number of aromatic amines is 1. The second-order valence-corrected chi connectivity index (χ2v) is 6.71. The van der Waals surface area contributed by atoms with E-state index in [9.17, 15) is 4.79 Å². The van der Waals surface area contributed by atoms with E-state index in [1.165, 1.54) is 24.8 Å². The van der Waals surface area contributed by atoms with Crippen LogP contribution in [0, 0.1) is 4.77 Å². The monoisotopic (exact) mass is 358 g/mol. The van der Waals surface area contributed by atoms with E-state index in [1.807, 2.05) is 24.4 Å². The second-order valence-electron chi connectivity index (χ2n) is 6.32. The van der Waals surface area contributed by atoms with Gasteiger partial charge in [-0.1, -0.05) is 62.4 Å². The van der Waals surface area contributed by atoms with E-state index < -0.39 is 5.97 Å². The molecule has 0 saturated heterocycles. The van der Waals surface area contributed by atoms with Crippen LogP contribution in [0.5, 0.6) is 0 Å². The third-order valence-electron chi connectivity index (χ3n) is 4.29. The summed E-state index contributed by atoms with van der Waals surface area (Å²) in [6.07, 6.45) is 10.8. The van der Waals surface area contributed by atoms with Crippen molar-refractivity contribution in [3.05, 3.63) is 46.9 Å². The maximum Gasteiger partial charge on any atom is 0.303 e. The highest BCUT2D eigenvalue weighted by atomic mass is 32.1. The molecule has 1 heterocycles. The molecule has 0 aliphatic heterocycles. The van der Waals surface area contributed by atoms with Crippen LogP contribution in [-0.4, -0.2) is 21.0 Å². The Morgan fingerprint density at radius 3 is 2.32 bits per heavy atom. The number of carbonyl (C=O) groups is 1. The Labute approximate surface area is 154 Å². The predicted molar refractivity (Wildman–Crippen MR) is 103 cm³/mol. The molecule has 4 nitrogen and oxygen atoms in total. The summed E-state index contributed by atoms with van der Waals surface area (Å²) in [5.74, 6) is -0.690. The lowest BCUT2D eigenvalue weighted by Crippen LogP contribution is -1.97. The number of nitrogens with one attached hydrogen (secondary N) is 1. The van der Waals surface area contributed by atoms with E-state index in [2.05, 4.69) is 22.1 Å². The summed E-state index contributed by atoms with van der Waals surface area (Å²) in [5.41, 5.74) is 3.43. The van der Waals surface area contributed by atoms with Gasteiger partial charge in [0.1, 0.15) is 0 Å². The van der Waals surface area contributed by atoms with Crippen LogP contribution < -0.4 is 0 Å². The van der Waals surface area contributed by atoms with Gasteiger partial charge in [0.05, 0.1) is 5.69 Å². The van der Waals surface area contributed by atoms with Gasteiger partial charge in [-0.25, -0.2) is 4.98 Å². The summed E-state index contributed by atoms with van der Waals surface area (Å²) < 4.78 is 0.518. The van der Waals surface area contributed by atoms with Crippen LogP contribution in [0.1, 0.15) is 56.9 Å². The molecule has 2 aromatic rings. The molecule has 2 N–H and O–H groups in total. The Kier molecular flexibility index (Phi) is 8.32. The van der Waals surface area contributed by atoms with Gasteiger partial charge in [-0.15, -0.1) is 0 Å². The number of carboxylic acid groups (broad SMARTS) is 1. The van der Waals surface area contributed by atoms with Crippen molar-refractivity contribution >= 4 is 18.2 Å². The van der Waals surface area contributed by atoms with Crippen molar-refractivity contribution < 1.29 is 9.90 Å². The molecule has 25 heavy (non-hydrogen) atoms. The highest BCUT2D eigenvalue weighted by Crippen LogP contribution is 2.22. The zero-order valence-corrected chi connectivity index (χ0v) is 15.4. The normalized spacial score (nSPS) is 10.7. The zero-order valence-electron chi connectivity index (χ0n) is 14.5. The first-order chi connectivity index (χ1) is 12.2. The summed E-state index contributed by atoms with van der Waals surface area (Å²) in [6, 6.07) is 10.2. The molecule has 0 fully saturated rings. The minimum atomic E-state index is -0.690. The van der Waals surface area contributed by atoms with Crippen LogP contribution in [0.2, 0.25) is 0 Å². The molecular formula is C20H26N2O2S. The maximum absolute atomic E-state index is 10.4. The van der Waals surface area contributed by atoms with Crippen molar-refractivity contribution in [2.75, 3.05) is 0 Å².